The molecule has 0 fully saturated rings. The Balaban J connectivity index is 3.97. The summed E-state index contributed by atoms with van der Waals surface area (Å²) >= 11 is 0. The second kappa shape index (κ2) is 2.80. The second-order valence-corrected chi connectivity index (χ2v) is 2.11. The van der Waals surface area contributed by atoms with Gasteiger partial charge in [0.05, 0.1) is 7.11 Å². The zero-order valence-electron chi connectivity index (χ0n) is 5.68. The highest BCUT2D eigenvalue weighted by molar-refractivity contribution is 5.80. The van der Waals surface area contributed by atoms with E-state index in [0.717, 1.165) is 0 Å². The van der Waals surface area contributed by atoms with Gasteiger partial charge in [0.15, 0.2) is 0 Å². The van der Waals surface area contributed by atoms with Crippen molar-refractivity contribution in [3.8, 4) is 0 Å². The van der Waals surface area contributed by atoms with Crippen LogP contribution in [0.4, 0.5) is 0 Å². The molecule has 0 aliphatic rings. The van der Waals surface area contributed by atoms with Crippen LogP contribution in [0.1, 0.15) is 6.92 Å². The zero-order valence-corrected chi connectivity index (χ0v) is 5.68. The Kier molecular flexibility index (Phi) is 2.61. The predicted molar refractivity (Wildman–Crippen MR) is 33.7 cm³/mol. The van der Waals surface area contributed by atoms with E-state index in [2.05, 4.69) is 4.74 Å². The highest BCUT2D eigenvalue weighted by Gasteiger charge is 2.26. The lowest BCUT2D eigenvalue weighted by molar-refractivity contribution is -0.145. The Labute approximate surface area is 54.2 Å². The summed E-state index contributed by atoms with van der Waals surface area (Å²) in [5.74, 6) is -0.481. The molecule has 4 nitrogen and oxygen atoms in total. The third kappa shape index (κ3) is 1.99. The van der Waals surface area contributed by atoms with Crippen molar-refractivity contribution >= 4 is 5.97 Å². The molecule has 0 radical (unpaired) electrons. The van der Waals surface area contributed by atoms with Gasteiger partial charge in [0, 0.05) is 6.54 Å². The van der Waals surface area contributed by atoms with E-state index < -0.39 is 11.5 Å². The van der Waals surface area contributed by atoms with Gasteiger partial charge < -0.3 is 16.2 Å². The summed E-state index contributed by atoms with van der Waals surface area (Å²) in [7, 11) is 1.28. The van der Waals surface area contributed by atoms with Crippen molar-refractivity contribution in [1.82, 2.24) is 0 Å². The molecule has 4 N–H and O–H groups in total. The molecule has 9 heavy (non-hydrogen) atoms. The molecule has 1 unspecified atom stereocenters. The fraction of sp³-hybridized carbons (Fsp3) is 0.800. The molecule has 0 heterocycles. The van der Waals surface area contributed by atoms with E-state index >= 15 is 0 Å². The minimum Gasteiger partial charge on any atom is -0.468 e. The summed E-state index contributed by atoms with van der Waals surface area (Å²) in [6.45, 7) is 1.62. The van der Waals surface area contributed by atoms with Crippen LogP contribution in [0.15, 0.2) is 0 Å². The number of methoxy groups -OCH3 is 1. The number of nitrogens with two attached hydrogens (primary N) is 2. The largest absolute Gasteiger partial charge is 0.468 e. The molecular formula is C5H12N2O2. The molecule has 0 aromatic rings. The van der Waals surface area contributed by atoms with Crippen molar-refractivity contribution in [3.63, 3.8) is 0 Å². The first-order chi connectivity index (χ1) is 4.04. The van der Waals surface area contributed by atoms with Crippen molar-refractivity contribution < 1.29 is 9.53 Å². The Morgan fingerprint density at radius 3 is 2.33 bits per heavy atom. The lowest BCUT2D eigenvalue weighted by Gasteiger charge is -2.17. The number of ether oxygens (including phenoxy) is 1. The number of hydrogen-bond acceptors (Lipinski definition) is 4. The molecule has 0 aromatic carbocycles. The summed E-state index contributed by atoms with van der Waals surface area (Å²) in [5, 5.41) is 0. The van der Waals surface area contributed by atoms with Crippen molar-refractivity contribution in [2.45, 2.75) is 12.5 Å². The van der Waals surface area contributed by atoms with Gasteiger partial charge >= 0.3 is 5.97 Å². The van der Waals surface area contributed by atoms with E-state index in [1.54, 1.807) is 0 Å². The van der Waals surface area contributed by atoms with Crippen LogP contribution >= 0.6 is 0 Å². The molecule has 0 amide bonds. The van der Waals surface area contributed by atoms with Crippen LogP contribution in [0.2, 0.25) is 0 Å². The molecule has 0 spiro atoms. The Bertz CT molecular complexity index is 112. The average molecular weight is 132 g/mol. The third-order valence-electron chi connectivity index (χ3n) is 1.08. The molecule has 54 valence electrons. The smallest absolute Gasteiger partial charge is 0.326 e. The van der Waals surface area contributed by atoms with Crippen LogP contribution < -0.4 is 11.5 Å². The first-order valence-electron chi connectivity index (χ1n) is 2.62. The molecular weight excluding hydrogens is 120 g/mol. The fourth-order valence-electron chi connectivity index (χ4n) is 0.316. The molecule has 0 aromatic heterocycles. The number of esters is 1. The van der Waals surface area contributed by atoms with Gasteiger partial charge in [-0.05, 0) is 6.92 Å². The number of hydrogen-bond donors (Lipinski definition) is 2. The summed E-state index contributed by atoms with van der Waals surface area (Å²) in [5.41, 5.74) is 9.49. The highest BCUT2D eigenvalue weighted by atomic mass is 16.5. The Morgan fingerprint density at radius 2 is 2.22 bits per heavy atom. The van der Waals surface area contributed by atoms with Gasteiger partial charge in [0.2, 0.25) is 0 Å². The lowest BCUT2D eigenvalue weighted by atomic mass is 10.1. The summed E-state index contributed by atoms with van der Waals surface area (Å²) in [6.07, 6.45) is 0. The first kappa shape index (κ1) is 8.39. The van der Waals surface area contributed by atoms with E-state index in [4.69, 9.17) is 11.5 Å². The van der Waals surface area contributed by atoms with Crippen LogP contribution in [-0.4, -0.2) is 25.2 Å². The third-order valence-corrected chi connectivity index (χ3v) is 1.08. The van der Waals surface area contributed by atoms with Gasteiger partial charge in [-0.1, -0.05) is 0 Å². The highest BCUT2D eigenvalue weighted by Crippen LogP contribution is 1.96. The molecule has 4 heteroatoms. The molecule has 0 aliphatic carbocycles. The van der Waals surface area contributed by atoms with Crippen molar-refractivity contribution in [2.75, 3.05) is 13.7 Å². The van der Waals surface area contributed by atoms with Gasteiger partial charge in [0.25, 0.3) is 0 Å². The van der Waals surface area contributed by atoms with E-state index in [9.17, 15) is 4.79 Å². The topological polar surface area (TPSA) is 78.3 Å². The molecule has 1 atom stereocenters. The Morgan fingerprint density at radius 1 is 1.78 bits per heavy atom. The standard InChI is InChI=1S/C5H12N2O2/c1-5(7,3-6)4(8)9-2/h3,6-7H2,1-2H3. The summed E-state index contributed by atoms with van der Waals surface area (Å²) in [4.78, 5) is 10.6. The SMILES string of the molecule is COC(=O)C(C)(N)CN. The lowest BCUT2D eigenvalue weighted by Crippen LogP contribution is -2.51. The number of rotatable bonds is 2. The van der Waals surface area contributed by atoms with Crippen LogP contribution in [0.5, 0.6) is 0 Å². The van der Waals surface area contributed by atoms with Gasteiger partial charge in [0.1, 0.15) is 5.54 Å². The van der Waals surface area contributed by atoms with Gasteiger partial charge in [-0.15, -0.1) is 0 Å². The average Bonchev–Trinajstić information content (AvgIpc) is 1.86. The molecule has 0 bridgehead atoms. The van der Waals surface area contributed by atoms with Gasteiger partial charge in [-0.3, -0.25) is 4.79 Å². The van der Waals surface area contributed by atoms with Crippen LogP contribution in [0.25, 0.3) is 0 Å². The minimum absolute atomic E-state index is 0.0969. The van der Waals surface area contributed by atoms with Gasteiger partial charge in [-0.25, -0.2) is 0 Å². The van der Waals surface area contributed by atoms with Crippen molar-refractivity contribution in [1.29, 1.82) is 0 Å². The van der Waals surface area contributed by atoms with Gasteiger partial charge in [-0.2, -0.15) is 0 Å². The van der Waals surface area contributed by atoms with E-state index in [1.807, 2.05) is 0 Å². The molecule has 0 saturated heterocycles. The molecule has 0 saturated carbocycles. The maximum absolute atomic E-state index is 10.6. The van der Waals surface area contributed by atoms with Crippen LogP contribution in [0.3, 0.4) is 0 Å². The Hall–Kier alpha value is -0.610. The second-order valence-electron chi connectivity index (χ2n) is 2.11. The quantitative estimate of drug-likeness (QED) is 0.464. The predicted octanol–water partition coefficient (Wildman–Crippen LogP) is -1.16. The number of carbonyl (C=O) groups is 1. The normalized spacial score (nSPS) is 16.4. The summed E-state index contributed by atoms with van der Waals surface area (Å²) in [6, 6.07) is 0. The van der Waals surface area contributed by atoms with E-state index in [1.165, 1.54) is 14.0 Å². The zero-order chi connectivity index (χ0) is 7.49. The van der Waals surface area contributed by atoms with Crippen molar-refractivity contribution in [2.24, 2.45) is 11.5 Å². The number of carbonyl (C=O) groups excluding carboxylic acids is 1. The maximum Gasteiger partial charge on any atom is 0.326 e. The maximum atomic E-state index is 10.6. The van der Waals surface area contributed by atoms with Crippen molar-refractivity contribution in [3.05, 3.63) is 0 Å². The monoisotopic (exact) mass is 132 g/mol. The van der Waals surface area contributed by atoms with Crippen LogP contribution in [0, 0.1) is 0 Å². The summed E-state index contributed by atoms with van der Waals surface area (Å²) < 4.78 is 4.36. The van der Waals surface area contributed by atoms with Crippen LogP contribution in [-0.2, 0) is 9.53 Å². The van der Waals surface area contributed by atoms with E-state index in [0.29, 0.717) is 0 Å². The fourth-order valence-corrected chi connectivity index (χ4v) is 0.316. The molecule has 0 rings (SSSR count). The minimum atomic E-state index is -1.03. The first-order valence-corrected chi connectivity index (χ1v) is 2.62. The molecule has 0 aliphatic heterocycles. The van der Waals surface area contributed by atoms with E-state index in [-0.39, 0.29) is 6.54 Å².